The van der Waals surface area contributed by atoms with Gasteiger partial charge in [0.15, 0.2) is 0 Å². The molecule has 0 atom stereocenters. The molecule has 0 unspecified atom stereocenters. The van der Waals surface area contributed by atoms with Gasteiger partial charge in [-0.1, -0.05) is 0 Å². The summed E-state index contributed by atoms with van der Waals surface area (Å²) in [5.74, 6) is 0. The molecule has 0 spiro atoms. The quantitative estimate of drug-likeness (QED) is 0.435. The summed E-state index contributed by atoms with van der Waals surface area (Å²) in [6, 6.07) is 0. The molecule has 15 heavy (non-hydrogen) atoms. The summed E-state index contributed by atoms with van der Waals surface area (Å²) in [6.07, 6.45) is 0. The van der Waals surface area contributed by atoms with Crippen LogP contribution in [-0.2, 0) is 0 Å². The van der Waals surface area contributed by atoms with Crippen molar-refractivity contribution < 1.29 is 0 Å². The van der Waals surface area contributed by atoms with E-state index in [-0.39, 0.29) is 0 Å². The molecule has 0 aliphatic carbocycles. The van der Waals surface area contributed by atoms with Gasteiger partial charge in [-0.15, -0.1) is 0 Å². The first kappa shape index (κ1) is 12.9. The first-order valence-electron chi connectivity index (χ1n) is 5.89. The summed E-state index contributed by atoms with van der Waals surface area (Å²) < 4.78 is 0. The standard InChI is InChI=1S/C10H23N5/c1-2-12-5-6-14-9-10-15-8-7-13-4-3-11-1/h11-12,15H,1-10H2. The SMILES string of the molecule is C1CNCC[N]CCNCCNCC[N]1. The van der Waals surface area contributed by atoms with Crippen LogP contribution in [0, 0.1) is 0 Å². The molecule has 88 valence electrons. The molecule has 5 heteroatoms. The highest BCUT2D eigenvalue weighted by Crippen LogP contribution is 1.69. The van der Waals surface area contributed by atoms with Crippen LogP contribution >= 0.6 is 0 Å². The van der Waals surface area contributed by atoms with Crippen molar-refractivity contribution in [1.29, 1.82) is 0 Å². The molecule has 0 bridgehead atoms. The molecule has 0 amide bonds. The smallest absolute Gasteiger partial charge is 0.0259 e. The lowest BCUT2D eigenvalue weighted by Crippen LogP contribution is -2.33. The van der Waals surface area contributed by atoms with E-state index in [4.69, 9.17) is 0 Å². The highest BCUT2D eigenvalue weighted by molar-refractivity contribution is 4.59. The zero-order chi connectivity index (χ0) is 10.6. The topological polar surface area (TPSA) is 64.3 Å². The van der Waals surface area contributed by atoms with Gasteiger partial charge in [0.2, 0.25) is 0 Å². The lowest BCUT2D eigenvalue weighted by atomic mass is 10.5. The molecule has 1 heterocycles. The minimum atomic E-state index is 0.917. The lowest BCUT2D eigenvalue weighted by molar-refractivity contribution is 0.568. The van der Waals surface area contributed by atoms with Crippen LogP contribution in [0.5, 0.6) is 0 Å². The molecule has 1 rings (SSSR count). The van der Waals surface area contributed by atoms with Crippen LogP contribution in [0.4, 0.5) is 0 Å². The number of rotatable bonds is 0. The molecule has 2 radical (unpaired) electrons. The van der Waals surface area contributed by atoms with Gasteiger partial charge in [-0.3, -0.25) is 0 Å². The minimum absolute atomic E-state index is 0.917. The van der Waals surface area contributed by atoms with Crippen LogP contribution in [0.2, 0.25) is 0 Å². The summed E-state index contributed by atoms with van der Waals surface area (Å²) in [5.41, 5.74) is 0. The summed E-state index contributed by atoms with van der Waals surface area (Å²) in [6.45, 7) is 9.67. The molecule has 1 aliphatic rings. The lowest BCUT2D eigenvalue weighted by Gasteiger charge is -2.05. The fraction of sp³-hybridized carbons (Fsp3) is 1.00. The molecule has 5 nitrogen and oxygen atoms in total. The molecular formula is C10H23N5. The van der Waals surface area contributed by atoms with E-state index in [9.17, 15) is 0 Å². The van der Waals surface area contributed by atoms with E-state index in [2.05, 4.69) is 26.6 Å². The van der Waals surface area contributed by atoms with Crippen LogP contribution in [0.1, 0.15) is 0 Å². The Balaban J connectivity index is 2.01. The summed E-state index contributed by atoms with van der Waals surface area (Å²) in [4.78, 5) is 0. The Morgan fingerprint density at radius 3 is 1.20 bits per heavy atom. The molecule has 3 N–H and O–H groups in total. The van der Waals surface area contributed by atoms with Crippen molar-refractivity contribution in [2.45, 2.75) is 0 Å². The fourth-order valence-electron chi connectivity index (χ4n) is 1.41. The maximum Gasteiger partial charge on any atom is 0.0259 e. The second-order valence-corrected chi connectivity index (χ2v) is 3.59. The molecule has 1 aliphatic heterocycles. The van der Waals surface area contributed by atoms with Gasteiger partial charge in [-0.25, -0.2) is 10.6 Å². The molecule has 1 saturated heterocycles. The molecule has 0 aromatic rings. The molecular weight excluding hydrogens is 190 g/mol. The number of hydrogen-bond acceptors (Lipinski definition) is 3. The monoisotopic (exact) mass is 213 g/mol. The second-order valence-electron chi connectivity index (χ2n) is 3.59. The Morgan fingerprint density at radius 1 is 0.467 bits per heavy atom. The van der Waals surface area contributed by atoms with Crippen LogP contribution in [0.3, 0.4) is 0 Å². The van der Waals surface area contributed by atoms with Crippen molar-refractivity contribution in [2.75, 3.05) is 65.4 Å². The van der Waals surface area contributed by atoms with E-state index in [1.807, 2.05) is 0 Å². The Labute approximate surface area is 92.8 Å². The summed E-state index contributed by atoms with van der Waals surface area (Å²) in [7, 11) is 0. The highest BCUT2D eigenvalue weighted by Gasteiger charge is 1.93. The average molecular weight is 213 g/mol. The van der Waals surface area contributed by atoms with Gasteiger partial charge >= 0.3 is 0 Å². The van der Waals surface area contributed by atoms with Gasteiger partial charge in [0.1, 0.15) is 0 Å². The number of nitrogens with zero attached hydrogens (tertiary/aromatic N) is 2. The average Bonchev–Trinajstić information content (AvgIpc) is 2.27. The van der Waals surface area contributed by atoms with Gasteiger partial charge in [0.05, 0.1) is 0 Å². The Morgan fingerprint density at radius 2 is 0.800 bits per heavy atom. The Hall–Kier alpha value is -0.200. The second kappa shape index (κ2) is 10.3. The predicted octanol–water partition coefficient (Wildman–Crippen LogP) is -2.02. The number of nitrogens with one attached hydrogen (secondary N) is 3. The van der Waals surface area contributed by atoms with E-state index >= 15 is 0 Å². The van der Waals surface area contributed by atoms with E-state index < -0.39 is 0 Å². The van der Waals surface area contributed by atoms with Gasteiger partial charge in [0.25, 0.3) is 0 Å². The number of hydrogen-bond donors (Lipinski definition) is 3. The van der Waals surface area contributed by atoms with Crippen molar-refractivity contribution in [3.05, 3.63) is 0 Å². The third kappa shape index (κ3) is 8.77. The van der Waals surface area contributed by atoms with Crippen LogP contribution in [-0.4, -0.2) is 65.4 Å². The Bertz CT molecular complexity index is 72.4. The van der Waals surface area contributed by atoms with Crippen LogP contribution in [0.15, 0.2) is 0 Å². The maximum atomic E-state index is 4.41. The van der Waals surface area contributed by atoms with E-state index in [1.165, 1.54) is 0 Å². The van der Waals surface area contributed by atoms with Crippen molar-refractivity contribution in [3.8, 4) is 0 Å². The zero-order valence-corrected chi connectivity index (χ0v) is 9.47. The first-order valence-corrected chi connectivity index (χ1v) is 5.89. The van der Waals surface area contributed by atoms with E-state index in [0.717, 1.165) is 65.4 Å². The molecule has 0 aromatic carbocycles. The van der Waals surface area contributed by atoms with Crippen LogP contribution < -0.4 is 26.6 Å². The zero-order valence-electron chi connectivity index (χ0n) is 9.47. The Kier molecular flexibility index (Phi) is 8.85. The normalized spacial score (nSPS) is 24.0. The maximum absolute atomic E-state index is 4.41. The van der Waals surface area contributed by atoms with Crippen LogP contribution in [0.25, 0.3) is 0 Å². The summed E-state index contributed by atoms with van der Waals surface area (Å²) >= 11 is 0. The van der Waals surface area contributed by atoms with Crippen molar-refractivity contribution in [1.82, 2.24) is 26.6 Å². The van der Waals surface area contributed by atoms with Gasteiger partial charge in [0, 0.05) is 65.4 Å². The largest absolute Gasteiger partial charge is 0.314 e. The van der Waals surface area contributed by atoms with Crippen molar-refractivity contribution >= 4 is 0 Å². The molecule has 1 fully saturated rings. The van der Waals surface area contributed by atoms with Crippen molar-refractivity contribution in [2.24, 2.45) is 0 Å². The highest BCUT2D eigenvalue weighted by atomic mass is 15.0. The first-order chi connectivity index (χ1) is 7.50. The molecule has 0 saturated carbocycles. The third-order valence-electron chi connectivity index (χ3n) is 2.27. The van der Waals surface area contributed by atoms with Gasteiger partial charge in [-0.05, 0) is 0 Å². The van der Waals surface area contributed by atoms with E-state index in [0.29, 0.717) is 0 Å². The van der Waals surface area contributed by atoms with Crippen molar-refractivity contribution in [3.63, 3.8) is 0 Å². The van der Waals surface area contributed by atoms with E-state index in [1.54, 1.807) is 0 Å². The fourth-order valence-corrected chi connectivity index (χ4v) is 1.41. The summed E-state index contributed by atoms with van der Waals surface area (Å²) in [5, 5.41) is 18.8. The van der Waals surface area contributed by atoms with Gasteiger partial charge in [-0.2, -0.15) is 0 Å². The minimum Gasteiger partial charge on any atom is -0.314 e. The van der Waals surface area contributed by atoms with Gasteiger partial charge < -0.3 is 16.0 Å². The molecule has 0 aromatic heterocycles. The third-order valence-corrected chi connectivity index (χ3v) is 2.27. The predicted molar refractivity (Wildman–Crippen MR) is 62.3 cm³/mol.